The summed E-state index contributed by atoms with van der Waals surface area (Å²) in [6.45, 7) is 9.88. The molecule has 2 aromatic carbocycles. The fourth-order valence-corrected chi connectivity index (χ4v) is 3.53. The van der Waals surface area contributed by atoms with Crippen molar-refractivity contribution in [2.24, 2.45) is 0 Å². The van der Waals surface area contributed by atoms with Crippen molar-refractivity contribution in [2.45, 2.75) is 11.8 Å². The van der Waals surface area contributed by atoms with E-state index in [-0.39, 0.29) is 10.8 Å². The molecule has 0 radical (unpaired) electrons. The van der Waals surface area contributed by atoms with Crippen molar-refractivity contribution in [3.63, 3.8) is 0 Å². The first kappa shape index (κ1) is 19.5. The molecular weight excluding hydrogens is 348 g/mol. The second kappa shape index (κ2) is 8.49. The minimum atomic E-state index is -3.73. The van der Waals surface area contributed by atoms with Gasteiger partial charge in [-0.15, -0.1) is 13.2 Å². The van der Waals surface area contributed by atoms with Gasteiger partial charge >= 0.3 is 0 Å². The van der Waals surface area contributed by atoms with Crippen molar-refractivity contribution >= 4 is 21.6 Å². The van der Waals surface area contributed by atoms with E-state index in [1.54, 1.807) is 29.2 Å². The normalized spacial score (nSPS) is 10.8. The molecule has 26 heavy (non-hydrogen) atoms. The van der Waals surface area contributed by atoms with Crippen LogP contribution in [0.3, 0.4) is 0 Å². The highest BCUT2D eigenvalue weighted by molar-refractivity contribution is 7.92. The number of carbonyl (C=O) groups excluding carboxylic acids is 1. The molecule has 0 heterocycles. The van der Waals surface area contributed by atoms with Crippen LogP contribution in [0.1, 0.15) is 15.9 Å². The predicted octanol–water partition coefficient (Wildman–Crippen LogP) is 3.61. The third-order valence-electron chi connectivity index (χ3n) is 3.79. The van der Waals surface area contributed by atoms with Gasteiger partial charge in [-0.3, -0.25) is 9.52 Å². The first-order chi connectivity index (χ1) is 12.4. The van der Waals surface area contributed by atoms with E-state index in [1.165, 1.54) is 24.3 Å². The molecule has 6 heteroatoms. The maximum absolute atomic E-state index is 12.5. The highest BCUT2D eigenvalue weighted by Gasteiger charge is 2.18. The molecule has 0 aromatic heterocycles. The summed E-state index contributed by atoms with van der Waals surface area (Å²) in [6, 6.07) is 13.0. The first-order valence-corrected chi connectivity index (χ1v) is 9.57. The number of nitrogens with zero attached hydrogens (tertiary/aromatic N) is 1. The number of nitrogens with one attached hydrogen (secondary N) is 1. The van der Waals surface area contributed by atoms with Crippen LogP contribution in [-0.2, 0) is 10.0 Å². The third kappa shape index (κ3) is 4.61. The SMILES string of the molecule is C=CCN(CC=C)C(=O)c1ccc(S(=O)(=O)Nc2ccccc2C)cc1. The number of carbonyl (C=O) groups is 1. The molecule has 0 bridgehead atoms. The number of sulfonamides is 1. The van der Waals surface area contributed by atoms with Gasteiger partial charge < -0.3 is 4.90 Å². The van der Waals surface area contributed by atoms with Crippen LogP contribution in [0, 0.1) is 6.92 Å². The summed E-state index contributed by atoms with van der Waals surface area (Å²) < 4.78 is 27.6. The molecule has 0 spiro atoms. The van der Waals surface area contributed by atoms with Crippen molar-refractivity contribution in [3.8, 4) is 0 Å². The second-order valence-corrected chi connectivity index (χ2v) is 7.41. The van der Waals surface area contributed by atoms with E-state index in [1.807, 2.05) is 19.1 Å². The van der Waals surface area contributed by atoms with Crippen LogP contribution in [0.15, 0.2) is 78.7 Å². The smallest absolute Gasteiger partial charge is 0.261 e. The fourth-order valence-electron chi connectivity index (χ4n) is 2.40. The van der Waals surface area contributed by atoms with Gasteiger partial charge in [-0.2, -0.15) is 0 Å². The molecule has 0 unspecified atom stereocenters. The lowest BCUT2D eigenvalue weighted by Crippen LogP contribution is -2.31. The molecule has 5 nitrogen and oxygen atoms in total. The van der Waals surface area contributed by atoms with Crippen LogP contribution in [-0.4, -0.2) is 32.3 Å². The number of amides is 1. The van der Waals surface area contributed by atoms with Gasteiger partial charge in [-0.1, -0.05) is 30.4 Å². The third-order valence-corrected chi connectivity index (χ3v) is 5.17. The molecule has 136 valence electrons. The quantitative estimate of drug-likeness (QED) is 0.722. The number of hydrogen-bond acceptors (Lipinski definition) is 3. The van der Waals surface area contributed by atoms with Gasteiger partial charge in [-0.25, -0.2) is 8.42 Å². The van der Waals surface area contributed by atoms with Crippen LogP contribution in [0.5, 0.6) is 0 Å². The summed E-state index contributed by atoms with van der Waals surface area (Å²) in [4.78, 5) is 14.1. The van der Waals surface area contributed by atoms with Crippen molar-refractivity contribution in [3.05, 3.63) is 85.0 Å². The molecule has 1 amide bonds. The summed E-state index contributed by atoms with van der Waals surface area (Å²) in [6.07, 6.45) is 3.26. The van der Waals surface area contributed by atoms with Gasteiger partial charge in [0.2, 0.25) is 0 Å². The Morgan fingerprint density at radius 3 is 2.15 bits per heavy atom. The monoisotopic (exact) mass is 370 g/mol. The molecule has 0 aliphatic rings. The van der Waals surface area contributed by atoms with E-state index < -0.39 is 10.0 Å². The number of para-hydroxylation sites is 1. The zero-order chi connectivity index (χ0) is 19.2. The lowest BCUT2D eigenvalue weighted by molar-refractivity contribution is 0.0790. The molecule has 0 fully saturated rings. The van der Waals surface area contributed by atoms with Gasteiger partial charge in [0.25, 0.3) is 15.9 Å². The minimum absolute atomic E-state index is 0.0938. The topological polar surface area (TPSA) is 66.5 Å². The number of hydrogen-bond donors (Lipinski definition) is 1. The van der Waals surface area contributed by atoms with E-state index in [0.717, 1.165) is 5.56 Å². The molecule has 0 aliphatic heterocycles. The van der Waals surface area contributed by atoms with Gasteiger partial charge in [0, 0.05) is 18.7 Å². The number of benzene rings is 2. The Kier molecular flexibility index (Phi) is 6.36. The Labute approximate surface area is 154 Å². The van der Waals surface area contributed by atoms with E-state index in [9.17, 15) is 13.2 Å². The maximum Gasteiger partial charge on any atom is 0.261 e. The lowest BCUT2D eigenvalue weighted by Gasteiger charge is -2.19. The fraction of sp³-hybridized carbons (Fsp3) is 0.150. The summed E-state index contributed by atoms with van der Waals surface area (Å²) in [5.41, 5.74) is 1.76. The molecule has 0 saturated carbocycles. The Bertz CT molecular complexity index is 893. The van der Waals surface area contributed by atoms with Crippen LogP contribution in [0.25, 0.3) is 0 Å². The largest absolute Gasteiger partial charge is 0.331 e. The maximum atomic E-state index is 12.5. The van der Waals surface area contributed by atoms with Crippen molar-refractivity contribution < 1.29 is 13.2 Å². The summed E-state index contributed by atoms with van der Waals surface area (Å²) >= 11 is 0. The number of aryl methyl sites for hydroxylation is 1. The van der Waals surface area contributed by atoms with Gasteiger partial charge in [0.15, 0.2) is 0 Å². The first-order valence-electron chi connectivity index (χ1n) is 8.08. The van der Waals surface area contributed by atoms with E-state index >= 15 is 0 Å². The van der Waals surface area contributed by atoms with Gasteiger partial charge in [0.1, 0.15) is 0 Å². The van der Waals surface area contributed by atoms with Crippen LogP contribution < -0.4 is 4.72 Å². The van der Waals surface area contributed by atoms with Crippen molar-refractivity contribution in [2.75, 3.05) is 17.8 Å². The van der Waals surface area contributed by atoms with E-state index in [4.69, 9.17) is 0 Å². The van der Waals surface area contributed by atoms with Crippen LogP contribution in [0.2, 0.25) is 0 Å². The van der Waals surface area contributed by atoms with Crippen molar-refractivity contribution in [1.29, 1.82) is 0 Å². The van der Waals surface area contributed by atoms with Crippen molar-refractivity contribution in [1.82, 2.24) is 4.90 Å². The highest BCUT2D eigenvalue weighted by atomic mass is 32.2. The number of anilines is 1. The zero-order valence-corrected chi connectivity index (χ0v) is 15.5. The molecule has 1 N–H and O–H groups in total. The minimum Gasteiger partial charge on any atom is -0.331 e. The number of rotatable bonds is 8. The second-order valence-electron chi connectivity index (χ2n) is 5.73. The van der Waals surface area contributed by atoms with Gasteiger partial charge in [0.05, 0.1) is 10.6 Å². The highest BCUT2D eigenvalue weighted by Crippen LogP contribution is 2.20. The summed E-state index contributed by atoms with van der Waals surface area (Å²) in [5.74, 6) is -0.208. The summed E-state index contributed by atoms with van der Waals surface area (Å²) in [7, 11) is -3.73. The van der Waals surface area contributed by atoms with E-state index in [2.05, 4.69) is 17.9 Å². The lowest BCUT2D eigenvalue weighted by atomic mass is 10.2. The molecule has 2 aromatic rings. The van der Waals surface area contributed by atoms with Gasteiger partial charge in [-0.05, 0) is 42.8 Å². The Morgan fingerprint density at radius 1 is 1.04 bits per heavy atom. The van der Waals surface area contributed by atoms with Crippen LogP contribution in [0.4, 0.5) is 5.69 Å². The van der Waals surface area contributed by atoms with E-state index in [0.29, 0.717) is 24.3 Å². The average Bonchev–Trinajstić information content (AvgIpc) is 2.63. The standard InChI is InChI=1S/C20H22N2O3S/c1-4-14-22(15-5-2)20(23)17-10-12-18(13-11-17)26(24,25)21-19-9-7-6-8-16(19)3/h4-13,21H,1-2,14-15H2,3H3. The predicted molar refractivity (Wildman–Crippen MR) is 105 cm³/mol. The molecule has 0 aliphatic carbocycles. The Hall–Kier alpha value is -2.86. The molecular formula is C20H22N2O3S. The Balaban J connectivity index is 2.22. The molecule has 0 atom stereocenters. The molecule has 2 rings (SSSR count). The molecule has 0 saturated heterocycles. The Morgan fingerprint density at radius 2 is 1.62 bits per heavy atom. The van der Waals surface area contributed by atoms with Crippen LogP contribution >= 0.6 is 0 Å². The zero-order valence-electron chi connectivity index (χ0n) is 14.7. The average molecular weight is 370 g/mol. The summed E-state index contributed by atoms with van der Waals surface area (Å²) in [5, 5.41) is 0.